The lowest BCUT2D eigenvalue weighted by Gasteiger charge is -2.17. The van der Waals surface area contributed by atoms with Gasteiger partial charge in [0.15, 0.2) is 0 Å². The molecule has 0 aliphatic carbocycles. The zero-order valence-electron chi connectivity index (χ0n) is 9.66. The molecule has 0 atom stereocenters. The van der Waals surface area contributed by atoms with Crippen LogP contribution in [-0.4, -0.2) is 24.4 Å². The molecule has 0 aliphatic rings. The van der Waals surface area contributed by atoms with E-state index in [1.807, 2.05) is 6.92 Å². The Labute approximate surface area is 95.4 Å². The molecule has 0 saturated carbocycles. The smallest absolute Gasteiger partial charge is 0.253 e. The Kier molecular flexibility index (Phi) is 4.23. The zero-order chi connectivity index (χ0) is 12.1. The fourth-order valence-corrected chi connectivity index (χ4v) is 1.30. The van der Waals surface area contributed by atoms with Crippen molar-refractivity contribution >= 4 is 5.91 Å². The molecule has 1 aromatic carbocycles. The highest BCUT2D eigenvalue weighted by Crippen LogP contribution is 2.07. The van der Waals surface area contributed by atoms with E-state index in [1.54, 1.807) is 18.0 Å². The van der Waals surface area contributed by atoms with E-state index in [1.165, 1.54) is 18.2 Å². The quantitative estimate of drug-likeness (QED) is 0.716. The summed E-state index contributed by atoms with van der Waals surface area (Å²) in [4.78, 5) is 13.4. The first-order valence-corrected chi connectivity index (χ1v) is 5.16. The normalized spacial score (nSPS) is 9.94. The van der Waals surface area contributed by atoms with Crippen molar-refractivity contribution < 1.29 is 9.18 Å². The first-order chi connectivity index (χ1) is 7.50. The van der Waals surface area contributed by atoms with E-state index in [4.69, 9.17) is 0 Å². The zero-order valence-corrected chi connectivity index (χ0v) is 9.66. The lowest BCUT2D eigenvalue weighted by Crippen LogP contribution is -2.27. The van der Waals surface area contributed by atoms with Crippen molar-refractivity contribution in [2.45, 2.75) is 13.3 Å². The van der Waals surface area contributed by atoms with Gasteiger partial charge in [0.05, 0.1) is 0 Å². The molecule has 0 bridgehead atoms. The van der Waals surface area contributed by atoms with Crippen molar-refractivity contribution in [3.05, 3.63) is 47.8 Å². The van der Waals surface area contributed by atoms with Gasteiger partial charge < -0.3 is 4.90 Å². The van der Waals surface area contributed by atoms with Crippen LogP contribution < -0.4 is 0 Å². The van der Waals surface area contributed by atoms with Crippen molar-refractivity contribution in [2.75, 3.05) is 13.6 Å². The van der Waals surface area contributed by atoms with E-state index in [0.717, 1.165) is 12.0 Å². The summed E-state index contributed by atoms with van der Waals surface area (Å²) in [5.41, 5.74) is 1.41. The van der Waals surface area contributed by atoms with Crippen molar-refractivity contribution in [3.8, 4) is 0 Å². The summed E-state index contributed by atoms with van der Waals surface area (Å²) in [6.07, 6.45) is 0.761. The molecule has 1 amide bonds. The summed E-state index contributed by atoms with van der Waals surface area (Å²) in [6.45, 7) is 6.29. The first kappa shape index (κ1) is 12.4. The number of carbonyl (C=O) groups excluding carboxylic acids is 1. The van der Waals surface area contributed by atoms with Crippen LogP contribution in [0.15, 0.2) is 36.4 Å². The van der Waals surface area contributed by atoms with Crippen LogP contribution in [0.1, 0.15) is 23.7 Å². The Morgan fingerprint density at radius 2 is 2.19 bits per heavy atom. The summed E-state index contributed by atoms with van der Waals surface area (Å²) in [5.74, 6) is -0.556. The van der Waals surface area contributed by atoms with Gasteiger partial charge in [-0.3, -0.25) is 4.79 Å². The average molecular weight is 221 g/mol. The molecular weight excluding hydrogens is 205 g/mol. The van der Waals surface area contributed by atoms with E-state index in [9.17, 15) is 9.18 Å². The van der Waals surface area contributed by atoms with Crippen molar-refractivity contribution in [1.82, 2.24) is 4.90 Å². The Balaban J connectivity index is 2.67. The first-order valence-electron chi connectivity index (χ1n) is 5.16. The molecule has 0 N–H and O–H groups in total. The summed E-state index contributed by atoms with van der Waals surface area (Å²) >= 11 is 0. The minimum atomic E-state index is -0.390. The minimum Gasteiger partial charge on any atom is -0.341 e. The van der Waals surface area contributed by atoms with Crippen molar-refractivity contribution in [1.29, 1.82) is 0 Å². The van der Waals surface area contributed by atoms with Gasteiger partial charge in [0.2, 0.25) is 0 Å². The highest BCUT2D eigenvalue weighted by molar-refractivity contribution is 5.94. The molecule has 16 heavy (non-hydrogen) atoms. The molecule has 86 valence electrons. The molecule has 0 aliphatic heterocycles. The van der Waals surface area contributed by atoms with Gasteiger partial charge in [0.1, 0.15) is 5.82 Å². The molecule has 0 heterocycles. The largest absolute Gasteiger partial charge is 0.341 e. The number of hydrogen-bond acceptors (Lipinski definition) is 1. The number of hydrogen-bond donors (Lipinski definition) is 0. The molecule has 3 heteroatoms. The van der Waals surface area contributed by atoms with E-state index in [-0.39, 0.29) is 11.7 Å². The molecule has 0 saturated heterocycles. The Morgan fingerprint density at radius 3 is 2.75 bits per heavy atom. The Bertz CT molecular complexity index is 401. The molecular formula is C13H16FNO. The van der Waals surface area contributed by atoms with Gasteiger partial charge in [-0.2, -0.15) is 0 Å². The van der Waals surface area contributed by atoms with Gasteiger partial charge in [-0.05, 0) is 31.5 Å². The SMILES string of the molecule is C=C(C)CCN(C)C(=O)c1cccc(F)c1. The van der Waals surface area contributed by atoms with Gasteiger partial charge in [-0.15, -0.1) is 6.58 Å². The summed E-state index contributed by atoms with van der Waals surface area (Å²) in [7, 11) is 1.70. The Hall–Kier alpha value is -1.64. The van der Waals surface area contributed by atoms with E-state index in [0.29, 0.717) is 12.1 Å². The predicted molar refractivity (Wildman–Crippen MR) is 62.8 cm³/mol. The number of amides is 1. The van der Waals surface area contributed by atoms with Crippen molar-refractivity contribution in [2.24, 2.45) is 0 Å². The maximum Gasteiger partial charge on any atom is 0.253 e. The second-order valence-corrected chi connectivity index (χ2v) is 3.94. The van der Waals surface area contributed by atoms with Gasteiger partial charge in [0.25, 0.3) is 5.91 Å². The van der Waals surface area contributed by atoms with Crippen LogP contribution in [0, 0.1) is 5.82 Å². The van der Waals surface area contributed by atoms with Crippen molar-refractivity contribution in [3.63, 3.8) is 0 Å². The third kappa shape index (κ3) is 3.50. The number of benzene rings is 1. The van der Waals surface area contributed by atoms with Crippen LogP contribution in [0.3, 0.4) is 0 Å². The van der Waals surface area contributed by atoms with Crippen LogP contribution in [0.25, 0.3) is 0 Å². The van der Waals surface area contributed by atoms with E-state index < -0.39 is 0 Å². The van der Waals surface area contributed by atoms with Crippen LogP contribution in [0.2, 0.25) is 0 Å². The predicted octanol–water partition coefficient (Wildman–Crippen LogP) is 2.86. The molecule has 0 unspecified atom stereocenters. The third-order valence-electron chi connectivity index (χ3n) is 2.29. The van der Waals surface area contributed by atoms with Crippen LogP contribution in [0.5, 0.6) is 0 Å². The highest BCUT2D eigenvalue weighted by Gasteiger charge is 2.11. The second-order valence-electron chi connectivity index (χ2n) is 3.94. The Morgan fingerprint density at radius 1 is 1.50 bits per heavy atom. The monoisotopic (exact) mass is 221 g/mol. The number of nitrogens with zero attached hydrogens (tertiary/aromatic N) is 1. The minimum absolute atomic E-state index is 0.166. The molecule has 1 aromatic rings. The lowest BCUT2D eigenvalue weighted by molar-refractivity contribution is 0.0796. The fraction of sp³-hybridized carbons (Fsp3) is 0.308. The fourth-order valence-electron chi connectivity index (χ4n) is 1.30. The molecule has 2 nitrogen and oxygen atoms in total. The van der Waals surface area contributed by atoms with E-state index in [2.05, 4.69) is 6.58 Å². The van der Waals surface area contributed by atoms with Gasteiger partial charge in [-0.25, -0.2) is 4.39 Å². The van der Waals surface area contributed by atoms with Crippen LogP contribution >= 0.6 is 0 Å². The highest BCUT2D eigenvalue weighted by atomic mass is 19.1. The van der Waals surface area contributed by atoms with Gasteiger partial charge in [-0.1, -0.05) is 11.6 Å². The standard InChI is InChI=1S/C13H16FNO/c1-10(2)7-8-15(3)13(16)11-5-4-6-12(14)9-11/h4-6,9H,1,7-8H2,2-3H3. The maximum atomic E-state index is 12.9. The van der Waals surface area contributed by atoms with Gasteiger partial charge >= 0.3 is 0 Å². The molecule has 0 fully saturated rings. The number of rotatable bonds is 4. The molecule has 0 spiro atoms. The van der Waals surface area contributed by atoms with Crippen LogP contribution in [0.4, 0.5) is 4.39 Å². The number of halogens is 1. The third-order valence-corrected chi connectivity index (χ3v) is 2.29. The molecule has 0 aromatic heterocycles. The lowest BCUT2D eigenvalue weighted by atomic mass is 10.2. The maximum absolute atomic E-state index is 12.9. The molecule has 1 rings (SSSR count). The van der Waals surface area contributed by atoms with E-state index >= 15 is 0 Å². The summed E-state index contributed by atoms with van der Waals surface area (Å²) in [6, 6.07) is 5.72. The molecule has 0 radical (unpaired) electrons. The number of carbonyl (C=O) groups is 1. The summed E-state index contributed by atoms with van der Waals surface area (Å²) in [5, 5.41) is 0. The van der Waals surface area contributed by atoms with Crippen LogP contribution in [-0.2, 0) is 0 Å². The average Bonchev–Trinajstić information content (AvgIpc) is 2.24. The van der Waals surface area contributed by atoms with Gasteiger partial charge in [0, 0.05) is 19.2 Å². The summed E-state index contributed by atoms with van der Waals surface area (Å²) < 4.78 is 12.9. The topological polar surface area (TPSA) is 20.3 Å². The second kappa shape index (κ2) is 5.45.